The van der Waals surface area contributed by atoms with Crippen LogP contribution in [0.5, 0.6) is 5.75 Å². The summed E-state index contributed by atoms with van der Waals surface area (Å²) in [7, 11) is 0. The Balaban J connectivity index is 1.54. The van der Waals surface area contributed by atoms with Crippen LogP contribution < -0.4 is 0 Å². The summed E-state index contributed by atoms with van der Waals surface area (Å²) in [4.78, 5) is 4.94. The van der Waals surface area contributed by atoms with Crippen molar-refractivity contribution in [3.8, 4) is 5.75 Å². The van der Waals surface area contributed by atoms with E-state index in [1.165, 1.54) is 11.1 Å². The second kappa shape index (κ2) is 7.16. The molecule has 0 spiro atoms. The molecular weight excluding hydrogens is 284 g/mol. The fourth-order valence-electron chi connectivity index (χ4n) is 3.18. The van der Waals surface area contributed by atoms with Crippen LogP contribution in [0.3, 0.4) is 0 Å². The van der Waals surface area contributed by atoms with Gasteiger partial charge in [-0.2, -0.15) is 0 Å². The van der Waals surface area contributed by atoms with Gasteiger partial charge in [-0.1, -0.05) is 36.4 Å². The van der Waals surface area contributed by atoms with Gasteiger partial charge in [0.1, 0.15) is 5.75 Å². The number of phenols is 1. The van der Waals surface area contributed by atoms with E-state index < -0.39 is 0 Å². The Hall–Kier alpha value is -1.84. The van der Waals surface area contributed by atoms with Gasteiger partial charge in [0.15, 0.2) is 0 Å². The molecule has 3 rings (SSSR count). The third-order valence-electron chi connectivity index (χ3n) is 4.80. The first-order valence-corrected chi connectivity index (χ1v) is 8.39. The predicted octanol–water partition coefficient (Wildman–Crippen LogP) is 3.33. The zero-order chi connectivity index (χ0) is 16.2. The molecule has 1 heterocycles. The summed E-state index contributed by atoms with van der Waals surface area (Å²) in [5.74, 6) is 0.430. The smallest absolute Gasteiger partial charge is 0.120 e. The van der Waals surface area contributed by atoms with E-state index in [9.17, 15) is 5.11 Å². The first kappa shape index (κ1) is 16.0. The summed E-state index contributed by atoms with van der Waals surface area (Å²) < 4.78 is 0. The lowest BCUT2D eigenvalue weighted by atomic mass is 10.0. The zero-order valence-electron chi connectivity index (χ0n) is 14.1. The van der Waals surface area contributed by atoms with Crippen molar-refractivity contribution >= 4 is 0 Å². The van der Waals surface area contributed by atoms with Crippen LogP contribution in [-0.4, -0.2) is 41.1 Å². The highest BCUT2D eigenvalue weighted by Crippen LogP contribution is 2.23. The molecule has 0 aliphatic carbocycles. The van der Waals surface area contributed by atoms with E-state index in [4.69, 9.17) is 0 Å². The van der Waals surface area contributed by atoms with Gasteiger partial charge in [0, 0.05) is 44.8 Å². The molecule has 122 valence electrons. The Bertz CT molecular complexity index is 646. The SMILES string of the molecule is Cc1cc(O)c(CN2CCN(Cc3ccccc3)CC2)cc1C. The minimum Gasteiger partial charge on any atom is -0.508 e. The van der Waals surface area contributed by atoms with E-state index in [0.29, 0.717) is 5.75 Å². The van der Waals surface area contributed by atoms with Crippen LogP contribution in [0.4, 0.5) is 0 Å². The molecule has 0 bridgehead atoms. The highest BCUT2D eigenvalue weighted by Gasteiger charge is 2.18. The average molecular weight is 310 g/mol. The molecule has 23 heavy (non-hydrogen) atoms. The molecule has 0 aromatic heterocycles. The highest BCUT2D eigenvalue weighted by atomic mass is 16.3. The van der Waals surface area contributed by atoms with Crippen molar-refractivity contribution in [2.45, 2.75) is 26.9 Å². The molecule has 1 N–H and O–H groups in total. The van der Waals surface area contributed by atoms with Crippen LogP contribution in [0.2, 0.25) is 0 Å². The van der Waals surface area contributed by atoms with E-state index in [1.807, 2.05) is 13.0 Å². The number of phenolic OH excluding ortho intramolecular Hbond substituents is 1. The minimum absolute atomic E-state index is 0.430. The van der Waals surface area contributed by atoms with Crippen molar-refractivity contribution in [2.75, 3.05) is 26.2 Å². The van der Waals surface area contributed by atoms with Crippen molar-refractivity contribution in [2.24, 2.45) is 0 Å². The Morgan fingerprint density at radius 2 is 1.39 bits per heavy atom. The minimum atomic E-state index is 0.430. The number of piperazine rings is 1. The number of hydrogen-bond donors (Lipinski definition) is 1. The molecule has 2 aromatic rings. The third kappa shape index (κ3) is 4.12. The lowest BCUT2D eigenvalue weighted by Gasteiger charge is -2.35. The Labute approximate surface area is 139 Å². The molecule has 1 aliphatic heterocycles. The van der Waals surface area contributed by atoms with E-state index in [0.717, 1.165) is 50.4 Å². The Morgan fingerprint density at radius 1 is 0.826 bits per heavy atom. The number of aromatic hydroxyl groups is 1. The van der Waals surface area contributed by atoms with Crippen molar-refractivity contribution in [3.63, 3.8) is 0 Å². The molecule has 2 aromatic carbocycles. The second-order valence-electron chi connectivity index (χ2n) is 6.60. The topological polar surface area (TPSA) is 26.7 Å². The Kier molecular flexibility index (Phi) is 4.99. The van der Waals surface area contributed by atoms with Crippen molar-refractivity contribution in [1.29, 1.82) is 0 Å². The molecule has 0 saturated carbocycles. The summed E-state index contributed by atoms with van der Waals surface area (Å²) in [6.07, 6.45) is 0. The van der Waals surface area contributed by atoms with E-state index in [-0.39, 0.29) is 0 Å². The predicted molar refractivity (Wildman–Crippen MR) is 94.6 cm³/mol. The van der Waals surface area contributed by atoms with Crippen LogP contribution in [-0.2, 0) is 13.1 Å². The van der Waals surface area contributed by atoms with Gasteiger partial charge in [0.25, 0.3) is 0 Å². The standard InChI is InChI=1S/C20H26N2O/c1-16-12-19(20(23)13-17(16)2)15-22-10-8-21(9-11-22)14-18-6-4-3-5-7-18/h3-7,12-13,23H,8-11,14-15H2,1-2H3. The quantitative estimate of drug-likeness (QED) is 0.938. The lowest BCUT2D eigenvalue weighted by molar-refractivity contribution is 0.121. The van der Waals surface area contributed by atoms with Gasteiger partial charge in [-0.05, 0) is 36.6 Å². The number of rotatable bonds is 4. The molecule has 0 amide bonds. The molecule has 0 atom stereocenters. The Morgan fingerprint density at radius 3 is 2.04 bits per heavy atom. The maximum absolute atomic E-state index is 10.2. The van der Waals surface area contributed by atoms with E-state index in [2.05, 4.69) is 53.1 Å². The highest BCUT2D eigenvalue weighted by molar-refractivity contribution is 5.40. The molecule has 1 fully saturated rings. The van der Waals surface area contributed by atoms with Crippen LogP contribution in [0.25, 0.3) is 0 Å². The fraction of sp³-hybridized carbons (Fsp3) is 0.400. The van der Waals surface area contributed by atoms with Gasteiger partial charge in [-0.15, -0.1) is 0 Å². The van der Waals surface area contributed by atoms with Crippen LogP contribution in [0.1, 0.15) is 22.3 Å². The number of benzene rings is 2. The molecule has 1 aliphatic rings. The lowest BCUT2D eigenvalue weighted by Crippen LogP contribution is -2.45. The van der Waals surface area contributed by atoms with Crippen molar-refractivity contribution in [1.82, 2.24) is 9.80 Å². The second-order valence-corrected chi connectivity index (χ2v) is 6.60. The van der Waals surface area contributed by atoms with E-state index in [1.54, 1.807) is 0 Å². The average Bonchev–Trinajstić information content (AvgIpc) is 2.55. The molecular formula is C20H26N2O. The number of aryl methyl sites for hydroxylation is 2. The monoisotopic (exact) mass is 310 g/mol. The number of nitrogens with zero attached hydrogens (tertiary/aromatic N) is 2. The summed E-state index contributed by atoms with van der Waals surface area (Å²) in [6, 6.07) is 14.7. The molecule has 0 radical (unpaired) electrons. The first-order chi connectivity index (χ1) is 11.1. The summed E-state index contributed by atoms with van der Waals surface area (Å²) in [5.41, 5.74) is 4.83. The first-order valence-electron chi connectivity index (χ1n) is 8.39. The molecule has 1 saturated heterocycles. The van der Waals surface area contributed by atoms with Crippen LogP contribution >= 0.6 is 0 Å². The summed E-state index contributed by atoms with van der Waals surface area (Å²) >= 11 is 0. The van der Waals surface area contributed by atoms with Crippen molar-refractivity contribution in [3.05, 3.63) is 64.7 Å². The van der Waals surface area contributed by atoms with Crippen molar-refractivity contribution < 1.29 is 5.11 Å². The van der Waals surface area contributed by atoms with Gasteiger partial charge >= 0.3 is 0 Å². The van der Waals surface area contributed by atoms with E-state index >= 15 is 0 Å². The molecule has 3 nitrogen and oxygen atoms in total. The van der Waals surface area contributed by atoms with Crippen LogP contribution in [0.15, 0.2) is 42.5 Å². The largest absolute Gasteiger partial charge is 0.508 e. The normalized spacial score (nSPS) is 16.6. The van der Waals surface area contributed by atoms with Gasteiger partial charge in [0.05, 0.1) is 0 Å². The maximum atomic E-state index is 10.2. The zero-order valence-corrected chi connectivity index (χ0v) is 14.1. The third-order valence-corrected chi connectivity index (χ3v) is 4.80. The maximum Gasteiger partial charge on any atom is 0.120 e. The van der Waals surface area contributed by atoms with Gasteiger partial charge < -0.3 is 5.11 Å². The van der Waals surface area contributed by atoms with Crippen LogP contribution in [0, 0.1) is 13.8 Å². The summed E-state index contributed by atoms with van der Waals surface area (Å²) in [5, 5.41) is 10.2. The number of hydrogen-bond acceptors (Lipinski definition) is 3. The molecule has 0 unspecified atom stereocenters. The van der Waals surface area contributed by atoms with Gasteiger partial charge in [-0.3, -0.25) is 9.80 Å². The summed E-state index contributed by atoms with van der Waals surface area (Å²) in [6.45, 7) is 10.3. The fourth-order valence-corrected chi connectivity index (χ4v) is 3.18. The van der Waals surface area contributed by atoms with Gasteiger partial charge in [0.2, 0.25) is 0 Å². The molecule has 3 heteroatoms. The van der Waals surface area contributed by atoms with Gasteiger partial charge in [-0.25, -0.2) is 0 Å².